The molecule has 0 unspecified atom stereocenters. The fourth-order valence-corrected chi connectivity index (χ4v) is 1.75. The zero-order chi connectivity index (χ0) is 11.4. The van der Waals surface area contributed by atoms with E-state index in [1.807, 2.05) is 30.3 Å². The number of anilines is 1. The zero-order valence-corrected chi connectivity index (χ0v) is 8.90. The number of amides is 2. The Morgan fingerprint density at radius 2 is 2.06 bits per heavy atom. The summed E-state index contributed by atoms with van der Waals surface area (Å²) in [6.45, 7) is 0. The summed E-state index contributed by atoms with van der Waals surface area (Å²) in [7, 11) is 0. The van der Waals surface area contributed by atoms with Crippen molar-refractivity contribution in [1.82, 2.24) is 5.32 Å². The maximum absolute atomic E-state index is 11.8. The zero-order valence-electron chi connectivity index (χ0n) is 8.90. The predicted octanol–water partition coefficient (Wildman–Crippen LogP) is 1.29. The number of piperidine rings is 1. The molecule has 1 fully saturated rings. The van der Waals surface area contributed by atoms with Gasteiger partial charge in [0.1, 0.15) is 6.04 Å². The fourth-order valence-electron chi connectivity index (χ4n) is 1.75. The normalized spacial score (nSPS) is 20.0. The third-order valence-electron chi connectivity index (χ3n) is 2.59. The van der Waals surface area contributed by atoms with E-state index in [1.165, 1.54) is 0 Å². The Labute approximate surface area is 94.0 Å². The van der Waals surface area contributed by atoms with Gasteiger partial charge in [-0.2, -0.15) is 0 Å². The molecular formula is C12H14N2O2. The van der Waals surface area contributed by atoms with E-state index >= 15 is 0 Å². The van der Waals surface area contributed by atoms with Crippen molar-refractivity contribution in [3.05, 3.63) is 30.3 Å². The second-order valence-electron chi connectivity index (χ2n) is 3.87. The highest BCUT2D eigenvalue weighted by Gasteiger charge is 2.24. The van der Waals surface area contributed by atoms with Crippen molar-refractivity contribution in [3.8, 4) is 0 Å². The van der Waals surface area contributed by atoms with Gasteiger partial charge in [-0.3, -0.25) is 9.59 Å². The molecule has 1 heterocycles. The van der Waals surface area contributed by atoms with Crippen molar-refractivity contribution in [2.75, 3.05) is 5.32 Å². The van der Waals surface area contributed by atoms with Gasteiger partial charge in [-0.05, 0) is 25.0 Å². The molecule has 1 aromatic carbocycles. The molecule has 4 heteroatoms. The van der Waals surface area contributed by atoms with Crippen LogP contribution in [0.1, 0.15) is 19.3 Å². The number of hydrogen-bond acceptors (Lipinski definition) is 2. The van der Waals surface area contributed by atoms with E-state index in [4.69, 9.17) is 0 Å². The summed E-state index contributed by atoms with van der Waals surface area (Å²) >= 11 is 0. The molecule has 2 amide bonds. The molecule has 0 bridgehead atoms. The van der Waals surface area contributed by atoms with Gasteiger partial charge in [-0.25, -0.2) is 0 Å². The van der Waals surface area contributed by atoms with E-state index in [0.717, 1.165) is 12.1 Å². The van der Waals surface area contributed by atoms with Crippen LogP contribution in [-0.4, -0.2) is 17.9 Å². The summed E-state index contributed by atoms with van der Waals surface area (Å²) in [4.78, 5) is 22.9. The lowest BCUT2D eigenvalue weighted by molar-refractivity contribution is -0.128. The van der Waals surface area contributed by atoms with Gasteiger partial charge in [0.25, 0.3) is 0 Å². The lowest BCUT2D eigenvalue weighted by Crippen LogP contribution is -2.46. The summed E-state index contributed by atoms with van der Waals surface area (Å²) in [6, 6.07) is 8.86. The van der Waals surface area contributed by atoms with Crippen LogP contribution in [0.2, 0.25) is 0 Å². The van der Waals surface area contributed by atoms with E-state index in [2.05, 4.69) is 10.6 Å². The fraction of sp³-hybridized carbons (Fsp3) is 0.333. The van der Waals surface area contributed by atoms with Crippen molar-refractivity contribution < 1.29 is 9.59 Å². The van der Waals surface area contributed by atoms with E-state index < -0.39 is 0 Å². The summed E-state index contributed by atoms with van der Waals surface area (Å²) in [5.74, 6) is -0.182. The molecule has 16 heavy (non-hydrogen) atoms. The third kappa shape index (κ3) is 2.59. The van der Waals surface area contributed by atoms with Crippen molar-refractivity contribution in [3.63, 3.8) is 0 Å². The summed E-state index contributed by atoms with van der Waals surface area (Å²) in [5.41, 5.74) is 0.757. The number of rotatable bonds is 2. The first-order valence-electron chi connectivity index (χ1n) is 5.41. The van der Waals surface area contributed by atoms with Gasteiger partial charge < -0.3 is 10.6 Å². The maximum atomic E-state index is 11.8. The van der Waals surface area contributed by atoms with Gasteiger partial charge in [0.2, 0.25) is 11.8 Å². The molecule has 4 nitrogen and oxygen atoms in total. The van der Waals surface area contributed by atoms with Crippen LogP contribution in [0.4, 0.5) is 5.69 Å². The minimum Gasteiger partial charge on any atom is -0.344 e. The molecule has 1 aliphatic heterocycles. The Kier molecular flexibility index (Phi) is 3.19. The summed E-state index contributed by atoms with van der Waals surface area (Å²) < 4.78 is 0. The average molecular weight is 218 g/mol. The summed E-state index contributed by atoms with van der Waals surface area (Å²) in [6.07, 6.45) is 2.01. The molecule has 0 saturated carbocycles. The van der Waals surface area contributed by atoms with Crippen LogP contribution in [0.15, 0.2) is 30.3 Å². The van der Waals surface area contributed by atoms with Crippen molar-refractivity contribution >= 4 is 17.5 Å². The SMILES string of the molecule is O=C1CCC[C@H](C(=O)Nc2ccccc2)N1. The van der Waals surface area contributed by atoms with Gasteiger partial charge in [0, 0.05) is 12.1 Å². The standard InChI is InChI=1S/C12H14N2O2/c15-11-8-4-7-10(14-11)12(16)13-9-5-2-1-3-6-9/h1-3,5-6,10H,4,7-8H2,(H,13,16)(H,14,15)/t10-/m1/s1. The van der Waals surface area contributed by atoms with Gasteiger partial charge in [0.05, 0.1) is 0 Å². The van der Waals surface area contributed by atoms with Crippen LogP contribution >= 0.6 is 0 Å². The molecule has 84 valence electrons. The number of benzene rings is 1. The molecule has 0 spiro atoms. The molecule has 1 saturated heterocycles. The molecule has 0 aromatic heterocycles. The van der Waals surface area contributed by atoms with Crippen LogP contribution in [-0.2, 0) is 9.59 Å². The Bertz CT molecular complexity index is 389. The molecule has 1 atom stereocenters. The van der Waals surface area contributed by atoms with Gasteiger partial charge in [0.15, 0.2) is 0 Å². The lowest BCUT2D eigenvalue weighted by Gasteiger charge is -2.22. The number of para-hydroxylation sites is 1. The predicted molar refractivity (Wildman–Crippen MR) is 60.9 cm³/mol. The quantitative estimate of drug-likeness (QED) is 0.786. The van der Waals surface area contributed by atoms with E-state index in [0.29, 0.717) is 12.8 Å². The molecule has 2 N–H and O–H groups in total. The Balaban J connectivity index is 1.95. The minimum atomic E-state index is -0.388. The molecule has 1 aliphatic rings. The molecule has 0 aliphatic carbocycles. The van der Waals surface area contributed by atoms with Gasteiger partial charge in [-0.1, -0.05) is 18.2 Å². The first-order chi connectivity index (χ1) is 7.75. The monoisotopic (exact) mass is 218 g/mol. The topological polar surface area (TPSA) is 58.2 Å². The average Bonchev–Trinajstić information content (AvgIpc) is 2.30. The Morgan fingerprint density at radius 3 is 2.75 bits per heavy atom. The number of carbonyl (C=O) groups excluding carboxylic acids is 2. The molecular weight excluding hydrogens is 204 g/mol. The Hall–Kier alpha value is -1.84. The lowest BCUT2D eigenvalue weighted by atomic mass is 10.0. The van der Waals surface area contributed by atoms with Gasteiger partial charge in [-0.15, -0.1) is 0 Å². The van der Waals surface area contributed by atoms with E-state index in [1.54, 1.807) is 0 Å². The summed E-state index contributed by atoms with van der Waals surface area (Å²) in [5, 5.41) is 5.46. The second kappa shape index (κ2) is 4.79. The number of hydrogen-bond donors (Lipinski definition) is 2. The second-order valence-corrected chi connectivity index (χ2v) is 3.87. The highest BCUT2D eigenvalue weighted by Crippen LogP contribution is 2.11. The van der Waals surface area contributed by atoms with Crippen LogP contribution in [0.25, 0.3) is 0 Å². The molecule has 1 aromatic rings. The van der Waals surface area contributed by atoms with Crippen LogP contribution in [0.3, 0.4) is 0 Å². The number of carbonyl (C=O) groups is 2. The minimum absolute atomic E-state index is 0.0422. The largest absolute Gasteiger partial charge is 0.344 e. The van der Waals surface area contributed by atoms with Crippen LogP contribution in [0, 0.1) is 0 Å². The van der Waals surface area contributed by atoms with E-state index in [-0.39, 0.29) is 17.9 Å². The van der Waals surface area contributed by atoms with Crippen molar-refractivity contribution in [1.29, 1.82) is 0 Å². The van der Waals surface area contributed by atoms with E-state index in [9.17, 15) is 9.59 Å². The molecule has 2 rings (SSSR count). The smallest absolute Gasteiger partial charge is 0.246 e. The maximum Gasteiger partial charge on any atom is 0.246 e. The van der Waals surface area contributed by atoms with Gasteiger partial charge >= 0.3 is 0 Å². The molecule has 0 radical (unpaired) electrons. The number of nitrogens with one attached hydrogen (secondary N) is 2. The highest BCUT2D eigenvalue weighted by molar-refractivity contribution is 5.97. The first kappa shape index (κ1) is 10.7. The van der Waals surface area contributed by atoms with Crippen LogP contribution < -0.4 is 10.6 Å². The Morgan fingerprint density at radius 1 is 1.31 bits per heavy atom. The third-order valence-corrected chi connectivity index (χ3v) is 2.59. The van der Waals surface area contributed by atoms with Crippen molar-refractivity contribution in [2.24, 2.45) is 0 Å². The first-order valence-corrected chi connectivity index (χ1v) is 5.41. The van der Waals surface area contributed by atoms with Crippen LogP contribution in [0.5, 0.6) is 0 Å². The van der Waals surface area contributed by atoms with Crippen molar-refractivity contribution in [2.45, 2.75) is 25.3 Å². The highest BCUT2D eigenvalue weighted by atomic mass is 16.2.